The first kappa shape index (κ1) is 33.0. The van der Waals surface area contributed by atoms with Crippen LogP contribution < -0.4 is 5.73 Å². The Morgan fingerprint density at radius 2 is 1.84 bits per heavy atom. The molecule has 0 spiro atoms. The Labute approximate surface area is 247 Å². The standard InChI is InChI=1S/C20H31FN6O13P2S/c21-8(4-28)16-14(31)13(30)15(32)20(38-16)39-41(33,34)40-42(35,43)36-5-9-12(29)11(26-2-1-3-26)19(37-9)27-7-25-10-17(22)23-6-24-18(10)27/h6-9,11-16,19-20,28-32H,1-5H2,(H,33,34)(H,35,43)(H2,22,23,24)/t8-,9+,11+,12+,13?,14?,15?,16?,19+,20?,42?/m0/s1. The van der Waals surface area contributed by atoms with Crippen molar-refractivity contribution in [2.75, 3.05) is 32.0 Å². The number of likely N-dealkylation sites (tertiary alicyclic amines) is 1. The lowest BCUT2D eigenvalue weighted by atomic mass is 9.96. The maximum Gasteiger partial charge on any atom is 0.481 e. The highest BCUT2D eigenvalue weighted by atomic mass is 32.5. The fraction of sp³-hybridized carbons (Fsp3) is 0.750. The van der Waals surface area contributed by atoms with Gasteiger partial charge in [0.15, 0.2) is 30.2 Å². The van der Waals surface area contributed by atoms with Gasteiger partial charge in [-0.15, -0.1) is 0 Å². The largest absolute Gasteiger partial charge is 0.481 e. The number of imidazole rings is 1. The van der Waals surface area contributed by atoms with Crippen molar-refractivity contribution in [2.45, 2.75) is 67.8 Å². The maximum atomic E-state index is 14.0. The number of nitrogens with two attached hydrogens (primary N) is 1. The minimum atomic E-state index is -5.46. The Morgan fingerprint density at radius 3 is 2.49 bits per heavy atom. The summed E-state index contributed by atoms with van der Waals surface area (Å²) >= 11 is 4.82. The van der Waals surface area contributed by atoms with Crippen molar-refractivity contribution in [3.05, 3.63) is 12.7 Å². The highest BCUT2D eigenvalue weighted by molar-refractivity contribution is 8.08. The second-order valence-electron chi connectivity index (χ2n) is 10.1. The number of rotatable bonds is 11. The van der Waals surface area contributed by atoms with Crippen LogP contribution >= 0.6 is 14.5 Å². The van der Waals surface area contributed by atoms with Gasteiger partial charge in [-0.3, -0.25) is 14.0 Å². The van der Waals surface area contributed by atoms with Crippen LogP contribution in [0.5, 0.6) is 0 Å². The number of aliphatic hydroxyl groups excluding tert-OH is 5. The molecule has 242 valence electrons. The number of phosphoric ester groups is 1. The first-order chi connectivity index (χ1) is 20.2. The predicted molar refractivity (Wildman–Crippen MR) is 143 cm³/mol. The second-order valence-corrected chi connectivity index (χ2v) is 14.5. The number of ether oxygens (including phenoxy) is 2. The molecule has 2 aromatic rings. The van der Waals surface area contributed by atoms with Gasteiger partial charge in [-0.1, -0.05) is 0 Å². The van der Waals surface area contributed by atoms with Crippen LogP contribution in [0, 0.1) is 0 Å². The van der Waals surface area contributed by atoms with E-state index < -0.39 is 89.1 Å². The molecule has 0 bridgehead atoms. The van der Waals surface area contributed by atoms with E-state index in [0.29, 0.717) is 24.3 Å². The summed E-state index contributed by atoms with van der Waals surface area (Å²) in [5, 5.41) is 50.1. The van der Waals surface area contributed by atoms with Gasteiger partial charge in [-0.2, -0.15) is 0 Å². The number of aliphatic hydroxyl groups is 5. The number of nitrogens with zero attached hydrogens (tertiary/aromatic N) is 5. The van der Waals surface area contributed by atoms with Crippen LogP contribution in [-0.2, 0) is 39.2 Å². The molecule has 12 atom stereocenters. The van der Waals surface area contributed by atoms with E-state index in [0.717, 1.165) is 6.42 Å². The number of phosphoric acid groups is 1. The zero-order chi connectivity index (χ0) is 31.3. The Kier molecular flexibility index (Phi) is 9.83. The maximum absolute atomic E-state index is 14.0. The normalized spacial score (nSPS) is 37.1. The van der Waals surface area contributed by atoms with Crippen LogP contribution in [0.3, 0.4) is 0 Å². The number of anilines is 1. The third-order valence-corrected chi connectivity index (χ3v) is 10.8. The third kappa shape index (κ3) is 6.77. The van der Waals surface area contributed by atoms with Crippen LogP contribution in [0.2, 0.25) is 0 Å². The number of nitrogen functional groups attached to an aromatic ring is 1. The topological polar surface area (TPSA) is 278 Å². The Balaban J connectivity index is 1.25. The van der Waals surface area contributed by atoms with Crippen LogP contribution in [0.1, 0.15) is 12.6 Å². The summed E-state index contributed by atoms with van der Waals surface area (Å²) in [6.45, 7) is -5.08. The van der Waals surface area contributed by atoms with E-state index in [1.54, 1.807) is 4.57 Å². The van der Waals surface area contributed by atoms with Crippen molar-refractivity contribution in [1.29, 1.82) is 0 Å². The first-order valence-electron chi connectivity index (χ1n) is 12.9. The Hall–Kier alpha value is -1.36. The summed E-state index contributed by atoms with van der Waals surface area (Å²) < 4.78 is 53.6. The molecule has 3 aliphatic heterocycles. The van der Waals surface area contributed by atoms with Crippen molar-refractivity contribution < 1.29 is 67.1 Å². The zero-order valence-corrected chi connectivity index (χ0v) is 24.6. The van der Waals surface area contributed by atoms with Gasteiger partial charge in [-0.05, 0) is 31.3 Å². The Morgan fingerprint density at radius 1 is 1.12 bits per heavy atom. The average molecular weight is 677 g/mol. The fourth-order valence-electron chi connectivity index (χ4n) is 5.02. The summed E-state index contributed by atoms with van der Waals surface area (Å²) in [5.74, 6) is 0.140. The molecule has 9 N–H and O–H groups in total. The van der Waals surface area contributed by atoms with Crippen LogP contribution in [-0.4, -0.2) is 141 Å². The lowest BCUT2D eigenvalue weighted by Gasteiger charge is -2.41. The molecule has 0 aromatic carbocycles. The Bertz CT molecular complexity index is 1390. The zero-order valence-electron chi connectivity index (χ0n) is 22.0. The van der Waals surface area contributed by atoms with E-state index in [1.807, 2.05) is 4.90 Å². The van der Waals surface area contributed by atoms with Crippen molar-refractivity contribution >= 4 is 43.3 Å². The van der Waals surface area contributed by atoms with Crippen molar-refractivity contribution in [3.63, 3.8) is 0 Å². The molecule has 5 heterocycles. The van der Waals surface area contributed by atoms with Gasteiger partial charge in [-0.25, -0.2) is 28.2 Å². The number of halogens is 1. The van der Waals surface area contributed by atoms with E-state index in [4.69, 9.17) is 36.6 Å². The molecule has 3 saturated heterocycles. The highest BCUT2D eigenvalue weighted by Gasteiger charge is 2.52. The molecule has 19 nitrogen and oxygen atoms in total. The lowest BCUT2D eigenvalue weighted by Crippen LogP contribution is -2.60. The third-order valence-electron chi connectivity index (χ3n) is 7.29. The summed E-state index contributed by atoms with van der Waals surface area (Å²) in [6.07, 6.45) is -12.4. The summed E-state index contributed by atoms with van der Waals surface area (Å²) in [6, 6.07) is -0.612. The highest BCUT2D eigenvalue weighted by Crippen LogP contribution is 2.62. The summed E-state index contributed by atoms with van der Waals surface area (Å²) in [7, 11) is -5.46. The molecule has 43 heavy (non-hydrogen) atoms. The molecule has 0 radical (unpaired) electrons. The number of alkyl halides is 1. The minimum Gasteiger partial charge on any atom is -0.393 e. The molecule has 0 amide bonds. The number of hydrogen-bond acceptors (Lipinski definition) is 17. The molecule has 2 aromatic heterocycles. The number of aromatic nitrogens is 4. The smallest absolute Gasteiger partial charge is 0.393 e. The lowest BCUT2D eigenvalue weighted by molar-refractivity contribution is -0.287. The molecule has 3 fully saturated rings. The van der Waals surface area contributed by atoms with Crippen molar-refractivity contribution in [3.8, 4) is 0 Å². The fourth-order valence-corrected chi connectivity index (χ4v) is 8.12. The first-order valence-corrected chi connectivity index (χ1v) is 17.0. The van der Waals surface area contributed by atoms with Crippen molar-refractivity contribution in [1.82, 2.24) is 24.4 Å². The summed E-state index contributed by atoms with van der Waals surface area (Å²) in [4.78, 5) is 35.0. The van der Waals surface area contributed by atoms with Gasteiger partial charge < -0.3 is 55.1 Å². The molecule has 7 unspecified atom stereocenters. The monoisotopic (exact) mass is 676 g/mol. The SMILES string of the molecule is Nc1ncnc2c1ncn2[C@@H]1O[C@H](COP(O)(=S)OP(=O)(O)OC2OC([C@@H](F)CO)C(O)C(O)C2O)[C@@H](O)[C@H]1N1CCC1. The van der Waals surface area contributed by atoms with E-state index >= 15 is 0 Å². The molecule has 3 aliphatic rings. The average Bonchev–Trinajstić information content (AvgIpc) is 3.48. The van der Waals surface area contributed by atoms with Gasteiger partial charge in [0.25, 0.3) is 0 Å². The van der Waals surface area contributed by atoms with Crippen LogP contribution in [0.25, 0.3) is 11.2 Å². The van der Waals surface area contributed by atoms with E-state index in [-0.39, 0.29) is 5.82 Å². The molecular weight excluding hydrogens is 645 g/mol. The molecule has 0 aliphatic carbocycles. The summed E-state index contributed by atoms with van der Waals surface area (Å²) in [5.41, 5.74) is 6.55. The van der Waals surface area contributed by atoms with Gasteiger partial charge in [0.05, 0.1) is 25.6 Å². The van der Waals surface area contributed by atoms with Gasteiger partial charge in [0.2, 0.25) is 0 Å². The molecule has 23 heteroatoms. The van der Waals surface area contributed by atoms with Gasteiger partial charge >= 0.3 is 14.5 Å². The number of hydrogen-bond donors (Lipinski definition) is 8. The van der Waals surface area contributed by atoms with E-state index in [2.05, 4.69) is 23.8 Å². The molecule has 0 saturated carbocycles. The predicted octanol–water partition coefficient (Wildman–Crippen LogP) is -2.75. The minimum absolute atomic E-state index is 0.140. The second kappa shape index (κ2) is 12.8. The van der Waals surface area contributed by atoms with E-state index in [1.165, 1.54) is 12.7 Å². The van der Waals surface area contributed by atoms with Crippen molar-refractivity contribution in [2.24, 2.45) is 0 Å². The quantitative estimate of drug-likeness (QED) is 0.112. The number of fused-ring (bicyclic) bond motifs is 1. The molecule has 5 rings (SSSR count). The molecular formula is C20H31FN6O13P2S. The van der Waals surface area contributed by atoms with Crippen LogP contribution in [0.15, 0.2) is 12.7 Å². The van der Waals surface area contributed by atoms with Gasteiger partial charge in [0, 0.05) is 0 Å². The van der Waals surface area contributed by atoms with Crippen LogP contribution in [0.4, 0.5) is 10.2 Å². The van der Waals surface area contributed by atoms with E-state index in [9.17, 15) is 39.2 Å². The van der Waals surface area contributed by atoms with Gasteiger partial charge in [0.1, 0.15) is 48.5 Å².